The lowest BCUT2D eigenvalue weighted by atomic mass is 10.1. The molecule has 0 spiro atoms. The SMILES string of the molecule is COC(=O)c1ccc(CNC(=O)c2cnc(OC(C)C)c(Cl)c2)cc1. The van der Waals surface area contributed by atoms with Crippen molar-refractivity contribution in [3.05, 3.63) is 58.2 Å². The van der Waals surface area contributed by atoms with Crippen LogP contribution in [0.1, 0.15) is 40.1 Å². The number of carbonyl (C=O) groups is 2. The van der Waals surface area contributed by atoms with Crippen LogP contribution in [-0.4, -0.2) is 30.1 Å². The maximum Gasteiger partial charge on any atom is 0.337 e. The van der Waals surface area contributed by atoms with Gasteiger partial charge in [0.15, 0.2) is 0 Å². The molecule has 0 aliphatic carbocycles. The van der Waals surface area contributed by atoms with Gasteiger partial charge in [0.05, 0.1) is 24.3 Å². The minimum atomic E-state index is -0.403. The van der Waals surface area contributed by atoms with Crippen LogP contribution in [-0.2, 0) is 11.3 Å². The predicted octanol–water partition coefficient (Wildman–Crippen LogP) is 3.24. The second-order valence-electron chi connectivity index (χ2n) is 5.55. The quantitative estimate of drug-likeness (QED) is 0.798. The average Bonchev–Trinajstić information content (AvgIpc) is 2.60. The summed E-state index contributed by atoms with van der Waals surface area (Å²) in [6, 6.07) is 8.30. The van der Waals surface area contributed by atoms with Crippen molar-refractivity contribution in [3.63, 3.8) is 0 Å². The molecule has 0 fully saturated rings. The number of aromatic nitrogens is 1. The van der Waals surface area contributed by atoms with Gasteiger partial charge in [-0.3, -0.25) is 4.79 Å². The molecule has 1 aromatic heterocycles. The summed E-state index contributed by atoms with van der Waals surface area (Å²) in [6.07, 6.45) is 1.36. The second kappa shape index (κ2) is 8.48. The summed E-state index contributed by atoms with van der Waals surface area (Å²) in [5, 5.41) is 3.05. The van der Waals surface area contributed by atoms with Crippen molar-refractivity contribution in [2.45, 2.75) is 26.5 Å². The van der Waals surface area contributed by atoms with Gasteiger partial charge in [-0.25, -0.2) is 9.78 Å². The summed E-state index contributed by atoms with van der Waals surface area (Å²) in [7, 11) is 1.33. The fourth-order valence-electron chi connectivity index (χ4n) is 2.02. The first kappa shape index (κ1) is 18.7. The Kier molecular flexibility index (Phi) is 6.36. The molecule has 25 heavy (non-hydrogen) atoms. The molecule has 0 saturated carbocycles. The Hall–Kier alpha value is -2.60. The van der Waals surface area contributed by atoms with E-state index in [4.69, 9.17) is 16.3 Å². The van der Waals surface area contributed by atoms with Crippen LogP contribution in [0.15, 0.2) is 36.5 Å². The molecule has 0 aliphatic rings. The molecular weight excluding hydrogens is 344 g/mol. The zero-order valence-corrected chi connectivity index (χ0v) is 15.0. The van der Waals surface area contributed by atoms with Crippen molar-refractivity contribution in [1.29, 1.82) is 0 Å². The molecule has 0 radical (unpaired) electrons. The fourth-order valence-corrected chi connectivity index (χ4v) is 2.23. The maximum atomic E-state index is 12.2. The number of hydrogen-bond acceptors (Lipinski definition) is 5. The zero-order chi connectivity index (χ0) is 18.4. The molecule has 6 nitrogen and oxygen atoms in total. The van der Waals surface area contributed by atoms with Crippen LogP contribution in [0.2, 0.25) is 5.02 Å². The molecule has 1 amide bonds. The van der Waals surface area contributed by atoms with Gasteiger partial charge in [-0.15, -0.1) is 0 Å². The van der Waals surface area contributed by atoms with Gasteiger partial charge in [-0.2, -0.15) is 0 Å². The number of halogens is 1. The van der Waals surface area contributed by atoms with E-state index in [2.05, 4.69) is 15.0 Å². The summed E-state index contributed by atoms with van der Waals surface area (Å²) in [5.74, 6) is -0.408. The highest BCUT2D eigenvalue weighted by atomic mass is 35.5. The van der Waals surface area contributed by atoms with Gasteiger partial charge in [0.1, 0.15) is 5.02 Å². The van der Waals surface area contributed by atoms with Crippen LogP contribution < -0.4 is 10.1 Å². The van der Waals surface area contributed by atoms with Crippen molar-refractivity contribution in [2.24, 2.45) is 0 Å². The van der Waals surface area contributed by atoms with Crippen LogP contribution in [0.4, 0.5) is 0 Å². The summed E-state index contributed by atoms with van der Waals surface area (Å²) in [5.41, 5.74) is 1.64. The molecule has 2 aromatic rings. The molecule has 132 valence electrons. The lowest BCUT2D eigenvalue weighted by Gasteiger charge is -2.11. The Morgan fingerprint density at radius 2 is 1.88 bits per heavy atom. The van der Waals surface area contributed by atoms with Crippen molar-refractivity contribution in [1.82, 2.24) is 10.3 Å². The van der Waals surface area contributed by atoms with Gasteiger partial charge in [0.25, 0.3) is 5.91 Å². The Labute approximate surface area is 151 Å². The van der Waals surface area contributed by atoms with E-state index >= 15 is 0 Å². The van der Waals surface area contributed by atoms with Crippen molar-refractivity contribution in [2.75, 3.05) is 7.11 Å². The minimum Gasteiger partial charge on any atom is -0.474 e. The summed E-state index contributed by atoms with van der Waals surface area (Å²) >= 11 is 6.08. The van der Waals surface area contributed by atoms with Gasteiger partial charge in [0, 0.05) is 12.7 Å². The Bertz CT molecular complexity index is 760. The van der Waals surface area contributed by atoms with E-state index in [9.17, 15) is 9.59 Å². The number of pyridine rings is 1. The van der Waals surface area contributed by atoms with Crippen LogP contribution in [0.5, 0.6) is 5.88 Å². The third kappa shape index (κ3) is 5.19. The minimum absolute atomic E-state index is 0.0577. The summed E-state index contributed by atoms with van der Waals surface area (Å²) < 4.78 is 10.1. The molecule has 0 saturated heterocycles. The number of nitrogens with zero attached hydrogens (tertiary/aromatic N) is 1. The van der Waals surface area contributed by atoms with Gasteiger partial charge < -0.3 is 14.8 Å². The molecular formula is C18H19ClN2O4. The number of rotatable bonds is 6. The Morgan fingerprint density at radius 1 is 1.20 bits per heavy atom. The third-order valence-corrected chi connectivity index (χ3v) is 3.52. The van der Waals surface area contributed by atoms with Crippen molar-refractivity contribution >= 4 is 23.5 Å². The van der Waals surface area contributed by atoms with Crippen LogP contribution in [0, 0.1) is 0 Å². The second-order valence-corrected chi connectivity index (χ2v) is 5.96. The third-order valence-electron chi connectivity index (χ3n) is 3.25. The van der Waals surface area contributed by atoms with Gasteiger partial charge in [-0.05, 0) is 37.6 Å². The topological polar surface area (TPSA) is 77.5 Å². The Morgan fingerprint density at radius 3 is 2.44 bits per heavy atom. The first-order valence-corrected chi connectivity index (χ1v) is 8.06. The van der Waals surface area contributed by atoms with E-state index in [1.807, 2.05) is 13.8 Å². The zero-order valence-electron chi connectivity index (χ0n) is 14.2. The van der Waals surface area contributed by atoms with Gasteiger partial charge in [0.2, 0.25) is 5.88 Å². The standard InChI is InChI=1S/C18H19ClN2O4/c1-11(2)25-17-15(19)8-14(10-21-17)16(22)20-9-12-4-6-13(7-5-12)18(23)24-3/h4-8,10-11H,9H2,1-3H3,(H,20,22). The monoisotopic (exact) mass is 362 g/mol. The number of amides is 1. The van der Waals surface area contributed by atoms with Gasteiger partial charge in [-0.1, -0.05) is 23.7 Å². The highest BCUT2D eigenvalue weighted by Gasteiger charge is 2.12. The molecule has 1 heterocycles. The van der Waals surface area contributed by atoms with E-state index in [0.29, 0.717) is 23.6 Å². The molecule has 0 atom stereocenters. The highest BCUT2D eigenvalue weighted by molar-refractivity contribution is 6.32. The number of ether oxygens (including phenoxy) is 2. The first-order valence-electron chi connectivity index (χ1n) is 7.68. The van der Waals surface area contributed by atoms with E-state index in [0.717, 1.165) is 5.56 Å². The molecule has 0 aliphatic heterocycles. The molecule has 1 N–H and O–H groups in total. The van der Waals surface area contributed by atoms with Crippen LogP contribution in [0.3, 0.4) is 0 Å². The summed E-state index contributed by atoms with van der Waals surface area (Å²) in [6.45, 7) is 4.04. The molecule has 0 bridgehead atoms. The average molecular weight is 363 g/mol. The van der Waals surface area contributed by atoms with Gasteiger partial charge >= 0.3 is 5.97 Å². The van der Waals surface area contributed by atoms with Crippen molar-refractivity contribution in [3.8, 4) is 5.88 Å². The molecule has 1 aromatic carbocycles. The Balaban J connectivity index is 1.98. The number of carbonyl (C=O) groups excluding carboxylic acids is 2. The van der Waals surface area contributed by atoms with E-state index in [1.165, 1.54) is 19.4 Å². The number of nitrogens with one attached hydrogen (secondary N) is 1. The van der Waals surface area contributed by atoms with E-state index in [1.54, 1.807) is 24.3 Å². The van der Waals surface area contributed by atoms with E-state index < -0.39 is 5.97 Å². The fraction of sp³-hybridized carbons (Fsp3) is 0.278. The number of benzene rings is 1. The van der Waals surface area contributed by atoms with E-state index in [-0.39, 0.29) is 17.0 Å². The highest BCUT2D eigenvalue weighted by Crippen LogP contribution is 2.23. The number of hydrogen-bond donors (Lipinski definition) is 1. The lowest BCUT2D eigenvalue weighted by molar-refractivity contribution is 0.0600. The number of methoxy groups -OCH3 is 1. The van der Waals surface area contributed by atoms with Crippen molar-refractivity contribution < 1.29 is 19.1 Å². The molecule has 7 heteroatoms. The lowest BCUT2D eigenvalue weighted by Crippen LogP contribution is -2.23. The molecule has 0 unspecified atom stereocenters. The first-order chi connectivity index (χ1) is 11.9. The smallest absolute Gasteiger partial charge is 0.337 e. The number of esters is 1. The predicted molar refractivity (Wildman–Crippen MR) is 94.0 cm³/mol. The van der Waals surface area contributed by atoms with Crippen LogP contribution in [0.25, 0.3) is 0 Å². The normalized spacial score (nSPS) is 10.4. The van der Waals surface area contributed by atoms with Crippen LogP contribution >= 0.6 is 11.6 Å². The summed E-state index contributed by atoms with van der Waals surface area (Å²) in [4.78, 5) is 27.6. The maximum absolute atomic E-state index is 12.2. The largest absolute Gasteiger partial charge is 0.474 e. The molecule has 2 rings (SSSR count).